The first kappa shape index (κ1) is 25.8. The summed E-state index contributed by atoms with van der Waals surface area (Å²) < 4.78 is 5.03. The zero-order valence-corrected chi connectivity index (χ0v) is 26.1. The molecule has 214 valence electrons. The molecule has 3 heterocycles. The molecular weight excluding hydrogens is 599 g/mol. The quantitative estimate of drug-likeness (QED) is 0.184. The predicted molar refractivity (Wildman–Crippen MR) is 197 cm³/mol. The number of nitrogens with zero attached hydrogens (tertiary/aromatic N) is 3. The third kappa shape index (κ3) is 3.92. The van der Waals surface area contributed by atoms with Gasteiger partial charge < -0.3 is 0 Å². The maximum atomic E-state index is 5.28. The fraction of sp³-hybridized carbons (Fsp3) is 0. The largest absolute Gasteiger partial charge is 0.208 e. The van der Waals surface area contributed by atoms with Crippen molar-refractivity contribution in [3.63, 3.8) is 0 Å². The minimum atomic E-state index is 0.672. The molecule has 0 aliphatic heterocycles. The number of hydrogen-bond donors (Lipinski definition) is 0. The second-order valence-electron chi connectivity index (χ2n) is 11.6. The Balaban J connectivity index is 1.29. The highest BCUT2D eigenvalue weighted by molar-refractivity contribution is 7.26. The van der Waals surface area contributed by atoms with Crippen LogP contribution in [0.4, 0.5) is 0 Å². The molecule has 5 heteroatoms. The number of aromatic nitrogens is 3. The van der Waals surface area contributed by atoms with Gasteiger partial charge in [0.2, 0.25) is 0 Å². The molecule has 0 radical (unpaired) electrons. The van der Waals surface area contributed by atoms with Crippen LogP contribution in [0.3, 0.4) is 0 Å². The molecule has 10 aromatic rings. The van der Waals surface area contributed by atoms with Crippen LogP contribution in [-0.4, -0.2) is 15.0 Å². The van der Waals surface area contributed by atoms with Gasteiger partial charge >= 0.3 is 0 Å². The lowest BCUT2D eigenvalue weighted by molar-refractivity contribution is 1.08. The zero-order chi connectivity index (χ0) is 30.2. The van der Waals surface area contributed by atoms with E-state index in [1.165, 1.54) is 51.1 Å². The van der Waals surface area contributed by atoms with Crippen molar-refractivity contribution in [1.82, 2.24) is 15.0 Å². The van der Waals surface area contributed by atoms with E-state index in [-0.39, 0.29) is 0 Å². The standard InChI is InChI=1S/C41H23N3S2/c1-2-11-26-24(10-1)22-33(28-13-4-3-12-27(26)28)41-43-39(25-20-21-36-32(23-25)29-14-5-7-17-34(29)45-36)42-40(44-41)31-16-9-19-37-38(31)30-15-6-8-18-35(30)46-37/h1-23H. The summed E-state index contributed by atoms with van der Waals surface area (Å²) in [5.41, 5.74) is 3.00. The van der Waals surface area contributed by atoms with E-state index in [0.29, 0.717) is 17.5 Å². The summed E-state index contributed by atoms with van der Waals surface area (Å²) in [4.78, 5) is 15.8. The monoisotopic (exact) mass is 621 g/mol. The van der Waals surface area contributed by atoms with Crippen molar-refractivity contribution < 1.29 is 0 Å². The van der Waals surface area contributed by atoms with E-state index in [0.717, 1.165) is 27.5 Å². The fourth-order valence-electron chi connectivity index (χ4n) is 6.81. The van der Waals surface area contributed by atoms with Gasteiger partial charge in [-0.05, 0) is 64.0 Å². The van der Waals surface area contributed by atoms with Gasteiger partial charge in [0.15, 0.2) is 17.5 Å². The Hall–Kier alpha value is -5.49. The molecule has 0 atom stereocenters. The summed E-state index contributed by atoms with van der Waals surface area (Å²) in [5, 5.41) is 9.60. The number of thiophene rings is 2. The molecule has 0 N–H and O–H groups in total. The van der Waals surface area contributed by atoms with Gasteiger partial charge in [-0.3, -0.25) is 0 Å². The molecule has 0 saturated heterocycles. The molecule has 46 heavy (non-hydrogen) atoms. The molecule has 0 bridgehead atoms. The van der Waals surface area contributed by atoms with Crippen LogP contribution in [0.15, 0.2) is 140 Å². The molecular formula is C41H23N3S2. The Morgan fingerprint density at radius 2 is 0.935 bits per heavy atom. The van der Waals surface area contributed by atoms with Crippen molar-refractivity contribution in [3.8, 4) is 34.2 Å². The van der Waals surface area contributed by atoms with Crippen molar-refractivity contribution in [2.24, 2.45) is 0 Å². The highest BCUT2D eigenvalue weighted by atomic mass is 32.1. The molecule has 0 aliphatic rings. The first-order valence-corrected chi connectivity index (χ1v) is 16.9. The van der Waals surface area contributed by atoms with Crippen LogP contribution >= 0.6 is 22.7 Å². The summed E-state index contributed by atoms with van der Waals surface area (Å²) in [6, 6.07) is 49.6. The lowest BCUT2D eigenvalue weighted by Gasteiger charge is -2.13. The van der Waals surface area contributed by atoms with E-state index in [1.807, 2.05) is 22.7 Å². The fourth-order valence-corrected chi connectivity index (χ4v) is 9.03. The van der Waals surface area contributed by atoms with Gasteiger partial charge in [0, 0.05) is 57.0 Å². The van der Waals surface area contributed by atoms with Gasteiger partial charge in [-0.15, -0.1) is 22.7 Å². The molecule has 0 aliphatic carbocycles. The number of rotatable bonds is 3. The van der Waals surface area contributed by atoms with Gasteiger partial charge in [0.05, 0.1) is 0 Å². The summed E-state index contributed by atoms with van der Waals surface area (Å²) in [6.07, 6.45) is 0. The number of fused-ring (bicyclic) bond motifs is 9. The highest BCUT2D eigenvalue weighted by Gasteiger charge is 2.19. The Bertz CT molecular complexity index is 2830. The van der Waals surface area contributed by atoms with Crippen molar-refractivity contribution in [2.75, 3.05) is 0 Å². The van der Waals surface area contributed by atoms with Gasteiger partial charge in [-0.2, -0.15) is 0 Å². The van der Waals surface area contributed by atoms with Crippen molar-refractivity contribution in [2.45, 2.75) is 0 Å². The topological polar surface area (TPSA) is 38.7 Å². The van der Waals surface area contributed by atoms with Gasteiger partial charge in [0.25, 0.3) is 0 Å². The van der Waals surface area contributed by atoms with E-state index in [2.05, 4.69) is 140 Å². The van der Waals surface area contributed by atoms with E-state index < -0.39 is 0 Å². The SMILES string of the molecule is c1ccc2c(c1)cc(-c1nc(-c3ccc4sc5ccccc5c4c3)nc(-c3cccc4sc5ccccc5c34)n1)c1ccccc12. The average Bonchev–Trinajstić information content (AvgIpc) is 3.69. The van der Waals surface area contributed by atoms with Crippen molar-refractivity contribution >= 4 is 84.6 Å². The molecule has 0 amide bonds. The van der Waals surface area contributed by atoms with Crippen LogP contribution in [0, 0.1) is 0 Å². The third-order valence-electron chi connectivity index (χ3n) is 8.92. The van der Waals surface area contributed by atoms with Crippen LogP contribution in [0.2, 0.25) is 0 Å². The molecule has 0 spiro atoms. The first-order valence-electron chi connectivity index (χ1n) is 15.3. The highest BCUT2D eigenvalue weighted by Crippen LogP contribution is 2.41. The van der Waals surface area contributed by atoms with Crippen molar-refractivity contribution in [1.29, 1.82) is 0 Å². The smallest absolute Gasteiger partial charge is 0.164 e. The Labute approximate surface area is 272 Å². The van der Waals surface area contributed by atoms with Crippen LogP contribution in [0.1, 0.15) is 0 Å². The first-order chi connectivity index (χ1) is 22.8. The second kappa shape index (κ2) is 10.0. The van der Waals surface area contributed by atoms with Crippen LogP contribution in [0.5, 0.6) is 0 Å². The molecule has 0 unspecified atom stereocenters. The molecule has 3 aromatic heterocycles. The zero-order valence-electron chi connectivity index (χ0n) is 24.4. The summed E-state index contributed by atoms with van der Waals surface area (Å²) >= 11 is 3.63. The molecule has 0 fully saturated rings. The van der Waals surface area contributed by atoms with Crippen LogP contribution in [-0.2, 0) is 0 Å². The Morgan fingerprint density at radius 1 is 0.348 bits per heavy atom. The predicted octanol–water partition coefficient (Wildman–Crippen LogP) is 11.9. The van der Waals surface area contributed by atoms with E-state index >= 15 is 0 Å². The summed E-state index contributed by atoms with van der Waals surface area (Å²) in [5.74, 6) is 2.03. The number of benzene rings is 7. The van der Waals surface area contributed by atoms with Crippen molar-refractivity contribution in [3.05, 3.63) is 140 Å². The lowest BCUT2D eigenvalue weighted by Crippen LogP contribution is -2.01. The van der Waals surface area contributed by atoms with Crippen LogP contribution < -0.4 is 0 Å². The molecule has 0 saturated carbocycles. The average molecular weight is 622 g/mol. The number of hydrogen-bond acceptors (Lipinski definition) is 5. The minimum absolute atomic E-state index is 0.672. The van der Waals surface area contributed by atoms with Crippen LogP contribution in [0.25, 0.3) is 96.1 Å². The van der Waals surface area contributed by atoms with E-state index in [9.17, 15) is 0 Å². The van der Waals surface area contributed by atoms with Gasteiger partial charge in [0.1, 0.15) is 0 Å². The van der Waals surface area contributed by atoms with E-state index in [4.69, 9.17) is 15.0 Å². The molecule has 10 rings (SSSR count). The maximum absolute atomic E-state index is 5.28. The Kier molecular flexibility index (Phi) is 5.61. The molecule has 7 aromatic carbocycles. The van der Waals surface area contributed by atoms with Gasteiger partial charge in [-0.25, -0.2) is 15.0 Å². The summed E-state index contributed by atoms with van der Waals surface area (Å²) in [6.45, 7) is 0. The second-order valence-corrected chi connectivity index (χ2v) is 13.8. The van der Waals surface area contributed by atoms with E-state index in [1.54, 1.807) is 0 Å². The normalized spacial score (nSPS) is 11.9. The Morgan fingerprint density at radius 3 is 1.78 bits per heavy atom. The molecule has 3 nitrogen and oxygen atoms in total. The lowest BCUT2D eigenvalue weighted by atomic mass is 9.96. The summed E-state index contributed by atoms with van der Waals surface area (Å²) in [7, 11) is 0. The minimum Gasteiger partial charge on any atom is -0.208 e. The van der Waals surface area contributed by atoms with Gasteiger partial charge in [-0.1, -0.05) is 97.1 Å². The maximum Gasteiger partial charge on any atom is 0.164 e. The third-order valence-corrected chi connectivity index (χ3v) is 11.2.